The Hall–Kier alpha value is -2.43. The van der Waals surface area contributed by atoms with Crippen molar-refractivity contribution in [3.63, 3.8) is 0 Å². The fourth-order valence-electron chi connectivity index (χ4n) is 2.10. The second-order valence-electron chi connectivity index (χ2n) is 5.07. The van der Waals surface area contributed by atoms with Gasteiger partial charge in [-0.1, -0.05) is 23.2 Å². The highest BCUT2D eigenvalue weighted by Crippen LogP contribution is 2.35. The molecule has 0 radical (unpaired) electrons. The first-order valence-electron chi connectivity index (χ1n) is 7.02. The third-order valence-corrected chi connectivity index (χ3v) is 5.22. The van der Waals surface area contributed by atoms with E-state index >= 15 is 0 Å². The van der Waals surface area contributed by atoms with Crippen LogP contribution in [-0.2, 0) is 14.8 Å². The number of nitrogens with zero attached hydrogens (tertiary/aromatic N) is 4. The highest BCUT2D eigenvalue weighted by Gasteiger charge is 2.26. The van der Waals surface area contributed by atoms with E-state index in [9.17, 15) is 13.2 Å². The number of carbonyl (C=O) groups is 1. The Bertz CT molecular complexity index is 1130. The summed E-state index contributed by atoms with van der Waals surface area (Å²) in [4.78, 5) is 19.6. The van der Waals surface area contributed by atoms with Crippen LogP contribution in [0.3, 0.4) is 0 Å². The lowest BCUT2D eigenvalue weighted by molar-refractivity contribution is 0.0601. The summed E-state index contributed by atoms with van der Waals surface area (Å²) in [6.45, 7) is 1.72. The van der Waals surface area contributed by atoms with Gasteiger partial charge >= 0.3 is 5.97 Å². The fraction of sp³-hybridized carbons (Fsp3) is 0.143. The number of anilines is 1. The van der Waals surface area contributed by atoms with Crippen molar-refractivity contribution in [2.75, 3.05) is 11.8 Å². The van der Waals surface area contributed by atoms with Crippen LogP contribution in [0.25, 0.3) is 5.78 Å². The highest BCUT2D eigenvalue weighted by atomic mass is 35.5. The second kappa shape index (κ2) is 6.71. The lowest BCUT2D eigenvalue weighted by Gasteiger charge is -2.11. The number of aryl methyl sites for hydroxylation is 1. The number of esters is 1. The molecule has 0 spiro atoms. The molecule has 0 fully saturated rings. The van der Waals surface area contributed by atoms with Gasteiger partial charge in [-0.25, -0.2) is 14.3 Å². The van der Waals surface area contributed by atoms with E-state index in [-0.39, 0.29) is 27.1 Å². The molecule has 0 aliphatic heterocycles. The van der Waals surface area contributed by atoms with Crippen molar-refractivity contribution in [1.29, 1.82) is 0 Å². The number of halogens is 2. The first-order chi connectivity index (χ1) is 12.2. The number of aromatic nitrogens is 4. The molecule has 12 heteroatoms. The standard InChI is InChI=1S/C14H11Cl2N5O4S/c1-7-5-6-17-13-18-14(19-21(7)13)26(23,24)20-11-9(15)4-3-8(10(11)16)12(22)25-2/h3-6,20H,1-2H3. The van der Waals surface area contributed by atoms with Crippen LogP contribution in [0.1, 0.15) is 16.1 Å². The van der Waals surface area contributed by atoms with E-state index < -0.39 is 21.1 Å². The zero-order valence-electron chi connectivity index (χ0n) is 13.4. The molecular formula is C14H11Cl2N5O4S. The van der Waals surface area contributed by atoms with Crippen LogP contribution in [0.4, 0.5) is 5.69 Å². The first kappa shape index (κ1) is 18.4. The monoisotopic (exact) mass is 415 g/mol. The summed E-state index contributed by atoms with van der Waals surface area (Å²) in [5.41, 5.74) is 0.421. The molecule has 0 amide bonds. The molecule has 9 nitrogen and oxygen atoms in total. The number of hydrogen-bond acceptors (Lipinski definition) is 7. The summed E-state index contributed by atoms with van der Waals surface area (Å²) in [5.74, 6) is -0.622. The average molecular weight is 416 g/mol. The van der Waals surface area contributed by atoms with E-state index in [1.165, 1.54) is 30.0 Å². The Balaban J connectivity index is 2.07. The second-order valence-corrected chi connectivity index (χ2v) is 7.43. The molecular weight excluding hydrogens is 405 g/mol. The number of rotatable bonds is 4. The van der Waals surface area contributed by atoms with E-state index in [0.29, 0.717) is 5.69 Å². The van der Waals surface area contributed by atoms with Crippen LogP contribution in [-0.4, -0.2) is 41.1 Å². The SMILES string of the molecule is COC(=O)c1ccc(Cl)c(NS(=O)(=O)c2nc3nccc(C)n3n2)c1Cl. The topological polar surface area (TPSA) is 116 Å². The maximum atomic E-state index is 12.6. The van der Waals surface area contributed by atoms with Crippen molar-refractivity contribution in [1.82, 2.24) is 19.6 Å². The van der Waals surface area contributed by atoms with Gasteiger partial charge < -0.3 is 4.74 Å². The molecule has 0 saturated carbocycles. The van der Waals surface area contributed by atoms with Crippen molar-refractivity contribution in [2.45, 2.75) is 12.1 Å². The smallest absolute Gasteiger partial charge is 0.339 e. The lowest BCUT2D eigenvalue weighted by Crippen LogP contribution is -2.16. The van der Waals surface area contributed by atoms with Gasteiger partial charge in [-0.2, -0.15) is 13.4 Å². The molecule has 1 N–H and O–H groups in total. The summed E-state index contributed by atoms with van der Waals surface area (Å²) in [7, 11) is -3.07. The van der Waals surface area contributed by atoms with Crippen molar-refractivity contribution in [2.24, 2.45) is 0 Å². The molecule has 3 rings (SSSR count). The number of nitrogens with one attached hydrogen (secondary N) is 1. The van der Waals surface area contributed by atoms with Crippen LogP contribution in [0, 0.1) is 6.92 Å². The lowest BCUT2D eigenvalue weighted by atomic mass is 10.2. The van der Waals surface area contributed by atoms with E-state index in [2.05, 4.69) is 24.5 Å². The van der Waals surface area contributed by atoms with Gasteiger partial charge in [-0.15, -0.1) is 5.10 Å². The predicted octanol–water partition coefficient (Wildman–Crippen LogP) is 2.33. The van der Waals surface area contributed by atoms with Gasteiger partial charge in [0, 0.05) is 11.9 Å². The van der Waals surface area contributed by atoms with E-state index in [1.54, 1.807) is 13.0 Å². The minimum Gasteiger partial charge on any atom is -0.465 e. The molecule has 0 unspecified atom stereocenters. The van der Waals surface area contributed by atoms with Gasteiger partial charge in [-0.3, -0.25) is 4.72 Å². The minimum absolute atomic E-state index is 0.00991. The Morgan fingerprint density at radius 3 is 2.65 bits per heavy atom. The van der Waals surface area contributed by atoms with Crippen molar-refractivity contribution >= 4 is 50.7 Å². The van der Waals surface area contributed by atoms with E-state index in [0.717, 1.165) is 0 Å². The molecule has 0 aliphatic carbocycles. The van der Waals surface area contributed by atoms with Gasteiger partial charge in [0.1, 0.15) is 0 Å². The summed E-state index contributed by atoms with van der Waals surface area (Å²) in [6, 6.07) is 4.30. The van der Waals surface area contributed by atoms with E-state index in [1.807, 2.05) is 0 Å². The number of hydrogen-bond donors (Lipinski definition) is 1. The quantitative estimate of drug-likeness (QED) is 0.649. The van der Waals surface area contributed by atoms with E-state index in [4.69, 9.17) is 23.2 Å². The summed E-state index contributed by atoms with van der Waals surface area (Å²) >= 11 is 12.1. The van der Waals surface area contributed by atoms with Gasteiger partial charge in [0.25, 0.3) is 21.0 Å². The number of ether oxygens (including phenoxy) is 1. The summed E-state index contributed by atoms with van der Waals surface area (Å²) < 4.78 is 33.3. The Morgan fingerprint density at radius 1 is 1.27 bits per heavy atom. The Labute approximate surface area is 158 Å². The van der Waals surface area contributed by atoms with Crippen LogP contribution in [0.2, 0.25) is 10.0 Å². The zero-order valence-corrected chi connectivity index (χ0v) is 15.7. The molecule has 136 valence electrons. The molecule has 2 aromatic heterocycles. The first-order valence-corrected chi connectivity index (χ1v) is 9.26. The molecule has 2 heterocycles. The van der Waals surface area contributed by atoms with Gasteiger partial charge in [0.05, 0.1) is 28.4 Å². The largest absolute Gasteiger partial charge is 0.465 e. The maximum Gasteiger partial charge on any atom is 0.339 e. The van der Waals surface area contributed by atoms with Crippen molar-refractivity contribution < 1.29 is 17.9 Å². The highest BCUT2D eigenvalue weighted by molar-refractivity contribution is 7.92. The predicted molar refractivity (Wildman–Crippen MR) is 94.1 cm³/mol. The molecule has 1 aromatic carbocycles. The Kier molecular flexibility index (Phi) is 4.74. The molecule has 0 bridgehead atoms. The van der Waals surface area contributed by atoms with Gasteiger partial charge in [0.15, 0.2) is 0 Å². The fourth-order valence-corrected chi connectivity index (χ4v) is 3.71. The minimum atomic E-state index is -4.24. The zero-order chi connectivity index (χ0) is 19.1. The maximum absolute atomic E-state index is 12.6. The third kappa shape index (κ3) is 3.18. The average Bonchev–Trinajstić information content (AvgIpc) is 3.05. The van der Waals surface area contributed by atoms with Crippen LogP contribution in [0.5, 0.6) is 0 Å². The summed E-state index contributed by atoms with van der Waals surface area (Å²) in [6.07, 6.45) is 1.48. The third-order valence-electron chi connectivity index (χ3n) is 3.38. The molecule has 0 saturated heterocycles. The number of carbonyl (C=O) groups excluding carboxylic acids is 1. The van der Waals surface area contributed by atoms with Crippen LogP contribution < -0.4 is 4.72 Å². The molecule has 0 atom stereocenters. The number of fused-ring (bicyclic) bond motifs is 1. The van der Waals surface area contributed by atoms with Crippen molar-refractivity contribution in [3.8, 4) is 0 Å². The Morgan fingerprint density at radius 2 is 2.00 bits per heavy atom. The van der Waals surface area contributed by atoms with Crippen molar-refractivity contribution in [3.05, 3.63) is 45.7 Å². The number of sulfonamides is 1. The van der Waals surface area contributed by atoms with Crippen LogP contribution >= 0.6 is 23.2 Å². The molecule has 0 aliphatic rings. The van der Waals surface area contributed by atoms with Gasteiger partial charge in [0.2, 0.25) is 0 Å². The van der Waals surface area contributed by atoms with Gasteiger partial charge in [-0.05, 0) is 25.1 Å². The number of methoxy groups -OCH3 is 1. The van der Waals surface area contributed by atoms with Crippen LogP contribution in [0.15, 0.2) is 29.6 Å². The number of benzene rings is 1. The summed E-state index contributed by atoms with van der Waals surface area (Å²) in [5, 5.41) is 3.20. The molecule has 26 heavy (non-hydrogen) atoms. The molecule has 3 aromatic rings. The normalized spacial score (nSPS) is 11.5.